The molecule has 0 radical (unpaired) electrons. The highest BCUT2D eigenvalue weighted by atomic mass is 32.1. The molecule has 0 aliphatic rings. The molecule has 0 atom stereocenters. The SMILES string of the molecule is Cc1ccc(C(=N)c2cnc3c(F)c(F)ccc3c2)c(S)c1F. The lowest BCUT2D eigenvalue weighted by molar-refractivity contribution is 0.515. The minimum absolute atomic E-state index is 0.00744. The van der Waals surface area contributed by atoms with E-state index in [1.807, 2.05) is 0 Å². The Balaban J connectivity index is 2.12. The third-order valence-corrected chi connectivity index (χ3v) is 4.05. The number of hydrogen-bond acceptors (Lipinski definition) is 3. The van der Waals surface area contributed by atoms with E-state index in [1.165, 1.54) is 18.3 Å². The molecule has 1 heterocycles. The van der Waals surface area contributed by atoms with Crippen molar-refractivity contribution < 1.29 is 13.2 Å². The predicted molar refractivity (Wildman–Crippen MR) is 86.0 cm³/mol. The molecule has 1 N–H and O–H groups in total. The van der Waals surface area contributed by atoms with Gasteiger partial charge in [-0.2, -0.15) is 0 Å². The van der Waals surface area contributed by atoms with Crippen molar-refractivity contribution in [1.29, 1.82) is 5.41 Å². The highest BCUT2D eigenvalue weighted by molar-refractivity contribution is 7.80. The van der Waals surface area contributed by atoms with Gasteiger partial charge in [0.1, 0.15) is 11.3 Å². The maximum absolute atomic E-state index is 13.9. The van der Waals surface area contributed by atoms with Gasteiger partial charge in [-0.05, 0) is 30.7 Å². The number of benzene rings is 2. The molecule has 0 saturated carbocycles. The van der Waals surface area contributed by atoms with Crippen LogP contribution < -0.4 is 0 Å². The molecule has 0 spiro atoms. The van der Waals surface area contributed by atoms with Gasteiger partial charge in [0.25, 0.3) is 0 Å². The average molecular weight is 332 g/mol. The minimum atomic E-state index is -1.03. The molecule has 0 unspecified atom stereocenters. The van der Waals surface area contributed by atoms with E-state index in [9.17, 15) is 13.2 Å². The van der Waals surface area contributed by atoms with Crippen molar-refractivity contribution in [2.45, 2.75) is 11.8 Å². The monoisotopic (exact) mass is 332 g/mol. The maximum Gasteiger partial charge on any atom is 0.184 e. The highest BCUT2D eigenvalue weighted by Crippen LogP contribution is 2.25. The molecular weight excluding hydrogens is 321 g/mol. The molecule has 0 aliphatic heterocycles. The quantitative estimate of drug-likeness (QED) is 0.519. The van der Waals surface area contributed by atoms with Crippen molar-refractivity contribution in [3.8, 4) is 0 Å². The van der Waals surface area contributed by atoms with E-state index in [2.05, 4.69) is 17.6 Å². The standard InChI is InChI=1S/C17H11F3N2S/c1-8-2-4-11(17(23)13(8)19)15(21)10-6-9-3-5-12(18)14(20)16(9)22-7-10/h2-7,21,23H,1H3. The van der Waals surface area contributed by atoms with E-state index in [0.29, 0.717) is 22.1 Å². The molecule has 1 aromatic heterocycles. The van der Waals surface area contributed by atoms with Crippen molar-refractivity contribution in [1.82, 2.24) is 4.98 Å². The number of pyridine rings is 1. The van der Waals surface area contributed by atoms with E-state index < -0.39 is 17.5 Å². The molecule has 2 nitrogen and oxygen atoms in total. The van der Waals surface area contributed by atoms with Crippen LogP contribution in [0, 0.1) is 29.8 Å². The molecule has 0 fully saturated rings. The van der Waals surface area contributed by atoms with E-state index in [-0.39, 0.29) is 16.1 Å². The first-order valence-electron chi connectivity index (χ1n) is 6.71. The third kappa shape index (κ3) is 2.59. The Hall–Kier alpha value is -2.34. The van der Waals surface area contributed by atoms with Crippen LogP contribution in [0.1, 0.15) is 16.7 Å². The second-order valence-corrected chi connectivity index (χ2v) is 5.57. The summed E-state index contributed by atoms with van der Waals surface area (Å²) in [6.07, 6.45) is 1.26. The molecule has 2 aromatic carbocycles. The van der Waals surface area contributed by atoms with Crippen LogP contribution in [0.15, 0.2) is 41.4 Å². The first-order chi connectivity index (χ1) is 10.9. The van der Waals surface area contributed by atoms with Crippen LogP contribution in [0.5, 0.6) is 0 Å². The average Bonchev–Trinajstić information content (AvgIpc) is 2.55. The van der Waals surface area contributed by atoms with Gasteiger partial charge in [0, 0.05) is 27.6 Å². The van der Waals surface area contributed by atoms with E-state index in [4.69, 9.17) is 5.41 Å². The first kappa shape index (κ1) is 15.6. The molecule has 0 bridgehead atoms. The zero-order valence-electron chi connectivity index (χ0n) is 12.0. The summed E-state index contributed by atoms with van der Waals surface area (Å²) in [6, 6.07) is 7.05. The van der Waals surface area contributed by atoms with E-state index >= 15 is 0 Å². The van der Waals surface area contributed by atoms with Crippen LogP contribution in [0.3, 0.4) is 0 Å². The summed E-state index contributed by atoms with van der Waals surface area (Å²) < 4.78 is 40.8. The van der Waals surface area contributed by atoms with Crippen molar-refractivity contribution in [3.05, 3.63) is 70.7 Å². The summed E-state index contributed by atoms with van der Waals surface area (Å²) in [6.45, 7) is 1.61. The lowest BCUT2D eigenvalue weighted by Crippen LogP contribution is -2.05. The largest absolute Gasteiger partial charge is 0.300 e. The van der Waals surface area contributed by atoms with Gasteiger partial charge in [-0.3, -0.25) is 10.4 Å². The topological polar surface area (TPSA) is 36.7 Å². The van der Waals surface area contributed by atoms with Crippen molar-refractivity contribution in [3.63, 3.8) is 0 Å². The Kier molecular flexibility index (Phi) is 3.85. The molecule has 0 aliphatic carbocycles. The molecule has 116 valence electrons. The molecule has 23 heavy (non-hydrogen) atoms. The summed E-state index contributed by atoms with van der Waals surface area (Å²) in [5, 5.41) is 8.59. The smallest absolute Gasteiger partial charge is 0.184 e. The molecule has 3 aromatic rings. The Bertz CT molecular complexity index is 954. The molecular formula is C17H11F3N2S. The van der Waals surface area contributed by atoms with Gasteiger partial charge in [-0.15, -0.1) is 12.6 Å². The van der Waals surface area contributed by atoms with Crippen LogP contribution in [0.25, 0.3) is 10.9 Å². The van der Waals surface area contributed by atoms with Gasteiger partial charge in [0.05, 0.1) is 5.71 Å². The zero-order valence-corrected chi connectivity index (χ0v) is 12.9. The summed E-state index contributed by atoms with van der Waals surface area (Å²) in [4.78, 5) is 3.95. The first-order valence-corrected chi connectivity index (χ1v) is 7.16. The van der Waals surface area contributed by atoms with Crippen molar-refractivity contribution in [2.24, 2.45) is 0 Å². The fraction of sp³-hybridized carbons (Fsp3) is 0.0588. The summed E-state index contributed by atoms with van der Waals surface area (Å²) in [7, 11) is 0. The van der Waals surface area contributed by atoms with Crippen LogP contribution in [-0.2, 0) is 0 Å². The second-order valence-electron chi connectivity index (χ2n) is 5.12. The second kappa shape index (κ2) is 5.70. The predicted octanol–water partition coefficient (Wildman–Crippen LogP) is 4.67. The van der Waals surface area contributed by atoms with E-state index in [1.54, 1.807) is 19.1 Å². The van der Waals surface area contributed by atoms with Gasteiger partial charge in [-0.1, -0.05) is 12.1 Å². The third-order valence-electron chi connectivity index (χ3n) is 3.61. The molecule has 0 amide bonds. The van der Waals surface area contributed by atoms with Crippen molar-refractivity contribution >= 4 is 29.2 Å². The molecule has 6 heteroatoms. The Morgan fingerprint density at radius 1 is 1.09 bits per heavy atom. The maximum atomic E-state index is 13.9. The Morgan fingerprint density at radius 2 is 1.83 bits per heavy atom. The van der Waals surface area contributed by atoms with E-state index in [0.717, 1.165) is 6.07 Å². The number of rotatable bonds is 2. The molecule has 3 rings (SSSR count). The lowest BCUT2D eigenvalue weighted by atomic mass is 10.0. The van der Waals surface area contributed by atoms with Crippen LogP contribution >= 0.6 is 12.6 Å². The van der Waals surface area contributed by atoms with Gasteiger partial charge >= 0.3 is 0 Å². The highest BCUT2D eigenvalue weighted by Gasteiger charge is 2.15. The van der Waals surface area contributed by atoms with Crippen LogP contribution in [-0.4, -0.2) is 10.7 Å². The number of halogens is 3. The lowest BCUT2D eigenvalue weighted by Gasteiger charge is -2.10. The van der Waals surface area contributed by atoms with Gasteiger partial charge in [0.15, 0.2) is 11.6 Å². The Labute approximate surface area is 135 Å². The normalized spacial score (nSPS) is 11.0. The zero-order chi connectivity index (χ0) is 16.7. The van der Waals surface area contributed by atoms with Gasteiger partial charge in [0.2, 0.25) is 0 Å². The number of thiol groups is 1. The van der Waals surface area contributed by atoms with Crippen LogP contribution in [0.2, 0.25) is 0 Å². The number of hydrogen-bond donors (Lipinski definition) is 2. The van der Waals surface area contributed by atoms with Gasteiger partial charge < -0.3 is 0 Å². The number of aryl methyl sites for hydroxylation is 1. The van der Waals surface area contributed by atoms with Crippen LogP contribution in [0.4, 0.5) is 13.2 Å². The number of nitrogens with one attached hydrogen (secondary N) is 1. The molecule has 0 saturated heterocycles. The Morgan fingerprint density at radius 3 is 2.57 bits per heavy atom. The van der Waals surface area contributed by atoms with Gasteiger partial charge in [-0.25, -0.2) is 13.2 Å². The summed E-state index contributed by atoms with van der Waals surface area (Å²) in [5.41, 5.74) is 0.999. The number of fused-ring (bicyclic) bond motifs is 1. The number of nitrogens with zero attached hydrogens (tertiary/aromatic N) is 1. The summed E-state index contributed by atoms with van der Waals surface area (Å²) >= 11 is 4.13. The van der Waals surface area contributed by atoms with Crippen molar-refractivity contribution in [2.75, 3.05) is 0 Å². The summed E-state index contributed by atoms with van der Waals surface area (Å²) in [5.74, 6) is -2.50. The fourth-order valence-corrected chi connectivity index (χ4v) is 2.66. The minimum Gasteiger partial charge on any atom is -0.300 e. The fourth-order valence-electron chi connectivity index (χ4n) is 2.30. The number of aromatic nitrogens is 1.